The first kappa shape index (κ1) is 9.71. The molecular weight excluding hydrogens is 166 g/mol. The van der Waals surface area contributed by atoms with Gasteiger partial charge >= 0.3 is 5.97 Å². The molecule has 0 fully saturated rings. The highest BCUT2D eigenvalue weighted by Crippen LogP contribution is 1.97. The van der Waals surface area contributed by atoms with E-state index in [1.165, 1.54) is 0 Å². The second-order valence-electron chi connectivity index (χ2n) is 2.64. The van der Waals surface area contributed by atoms with Crippen LogP contribution in [0.1, 0.15) is 30.3 Å². The fourth-order valence-electron chi connectivity index (χ4n) is 0.823. The molecule has 0 N–H and O–H groups in total. The van der Waals surface area contributed by atoms with Crippen LogP contribution in [-0.2, 0) is 4.74 Å². The second kappa shape index (κ2) is 5.30. The molecule has 1 aromatic heterocycles. The van der Waals surface area contributed by atoms with Gasteiger partial charge in [-0.2, -0.15) is 0 Å². The van der Waals surface area contributed by atoms with Crippen molar-refractivity contribution in [1.29, 1.82) is 0 Å². The average Bonchev–Trinajstić information content (AvgIpc) is 2.19. The van der Waals surface area contributed by atoms with Gasteiger partial charge in [0.05, 0.1) is 12.8 Å². The molecule has 0 unspecified atom stereocenters. The number of ether oxygens (including phenoxy) is 1. The van der Waals surface area contributed by atoms with Crippen molar-refractivity contribution in [2.45, 2.75) is 19.8 Å². The number of aromatic nitrogens is 1. The highest BCUT2D eigenvalue weighted by molar-refractivity contribution is 5.86. The molecule has 0 saturated heterocycles. The molecule has 0 spiro atoms. The van der Waals surface area contributed by atoms with Gasteiger partial charge in [0.15, 0.2) is 0 Å². The van der Waals surface area contributed by atoms with E-state index in [-0.39, 0.29) is 5.97 Å². The summed E-state index contributed by atoms with van der Waals surface area (Å²) < 4.78 is 4.95. The molecule has 1 rings (SSSR count). The summed E-state index contributed by atoms with van der Waals surface area (Å²) in [5, 5.41) is 0. The van der Waals surface area contributed by atoms with Crippen LogP contribution >= 0.6 is 0 Å². The van der Waals surface area contributed by atoms with Crippen molar-refractivity contribution in [2.24, 2.45) is 0 Å². The summed E-state index contributed by atoms with van der Waals surface area (Å²) in [7, 11) is 0. The topological polar surface area (TPSA) is 39.2 Å². The number of rotatable bonds is 4. The van der Waals surface area contributed by atoms with Gasteiger partial charge in [0.2, 0.25) is 0 Å². The third-order valence-corrected chi connectivity index (χ3v) is 1.55. The van der Waals surface area contributed by atoms with Crippen LogP contribution in [-0.4, -0.2) is 17.6 Å². The molecule has 3 nitrogen and oxygen atoms in total. The van der Waals surface area contributed by atoms with Crippen LogP contribution in [0.25, 0.3) is 0 Å². The van der Waals surface area contributed by atoms with E-state index in [1.54, 1.807) is 18.2 Å². The number of carbonyl (C=O) groups excluding carboxylic acids is 1. The average molecular weight is 178 g/mol. The minimum Gasteiger partial charge on any atom is -0.461 e. The molecule has 0 atom stereocenters. The molecule has 1 radical (unpaired) electrons. The fraction of sp³-hybridized carbons (Fsp3) is 0.400. The van der Waals surface area contributed by atoms with Gasteiger partial charge < -0.3 is 4.74 Å². The van der Waals surface area contributed by atoms with Crippen molar-refractivity contribution in [3.8, 4) is 0 Å². The summed E-state index contributed by atoms with van der Waals surface area (Å²) in [6, 6.07) is 4.97. The zero-order chi connectivity index (χ0) is 9.52. The normalized spacial score (nSPS) is 9.62. The minimum absolute atomic E-state index is 0.318. The monoisotopic (exact) mass is 178 g/mol. The van der Waals surface area contributed by atoms with Crippen molar-refractivity contribution in [3.63, 3.8) is 0 Å². The zero-order valence-corrected chi connectivity index (χ0v) is 7.62. The lowest BCUT2D eigenvalue weighted by molar-refractivity contribution is 0.0493. The number of hydrogen-bond donors (Lipinski definition) is 0. The SMILES string of the molecule is CCCCOC(=O)c1ccc[c]n1. The summed E-state index contributed by atoms with van der Waals surface area (Å²) >= 11 is 0. The Labute approximate surface area is 77.8 Å². The number of unbranched alkanes of at least 4 members (excludes halogenated alkanes) is 1. The molecule has 3 heteroatoms. The Morgan fingerprint density at radius 3 is 3.15 bits per heavy atom. The van der Waals surface area contributed by atoms with Crippen molar-refractivity contribution < 1.29 is 9.53 Å². The van der Waals surface area contributed by atoms with Crippen LogP contribution in [0.2, 0.25) is 0 Å². The summed E-state index contributed by atoms with van der Waals surface area (Å²) in [5.74, 6) is -0.370. The van der Waals surface area contributed by atoms with Gasteiger partial charge in [-0.15, -0.1) is 0 Å². The van der Waals surface area contributed by atoms with Crippen LogP contribution in [0.15, 0.2) is 18.2 Å². The lowest BCUT2D eigenvalue weighted by Crippen LogP contribution is -2.07. The van der Waals surface area contributed by atoms with Crippen molar-refractivity contribution in [1.82, 2.24) is 4.98 Å². The first-order chi connectivity index (χ1) is 6.34. The summed E-state index contributed by atoms with van der Waals surface area (Å²) in [6.07, 6.45) is 4.49. The van der Waals surface area contributed by atoms with E-state index in [9.17, 15) is 4.79 Å². The zero-order valence-electron chi connectivity index (χ0n) is 7.62. The first-order valence-electron chi connectivity index (χ1n) is 4.35. The largest absolute Gasteiger partial charge is 0.461 e. The van der Waals surface area contributed by atoms with E-state index >= 15 is 0 Å². The number of carbonyl (C=O) groups is 1. The van der Waals surface area contributed by atoms with Crippen molar-refractivity contribution >= 4 is 5.97 Å². The highest BCUT2D eigenvalue weighted by atomic mass is 16.5. The smallest absolute Gasteiger partial charge is 0.356 e. The molecule has 69 valence electrons. The molecule has 0 aliphatic carbocycles. The summed E-state index contributed by atoms with van der Waals surface area (Å²) in [6.45, 7) is 2.51. The molecule has 0 amide bonds. The molecule has 0 aliphatic heterocycles. The second-order valence-corrected chi connectivity index (χ2v) is 2.64. The van der Waals surface area contributed by atoms with Gasteiger partial charge in [-0.3, -0.25) is 0 Å². The molecule has 0 aliphatic rings. The molecule has 1 heterocycles. The Morgan fingerprint density at radius 1 is 1.69 bits per heavy atom. The summed E-state index contributed by atoms with van der Waals surface area (Å²) in [5.41, 5.74) is 0.318. The molecule has 0 bridgehead atoms. The van der Waals surface area contributed by atoms with E-state index in [2.05, 4.69) is 11.2 Å². The van der Waals surface area contributed by atoms with Gasteiger partial charge in [0, 0.05) is 0 Å². The summed E-state index contributed by atoms with van der Waals surface area (Å²) in [4.78, 5) is 15.0. The standard InChI is InChI=1S/C10H12NO2/c1-2-3-8-13-10(12)9-6-4-5-7-11-9/h4-6H,2-3,8H2,1H3. The predicted octanol–water partition coefficient (Wildman–Crippen LogP) is 1.84. The lowest BCUT2D eigenvalue weighted by atomic mass is 10.3. The Morgan fingerprint density at radius 2 is 2.54 bits per heavy atom. The number of pyridine rings is 1. The van der Waals surface area contributed by atoms with Crippen molar-refractivity contribution in [2.75, 3.05) is 6.61 Å². The molecule has 0 saturated carbocycles. The van der Waals surface area contributed by atoms with Gasteiger partial charge in [-0.25, -0.2) is 9.78 Å². The minimum atomic E-state index is -0.370. The number of nitrogens with zero attached hydrogens (tertiary/aromatic N) is 1. The molecule has 1 aromatic rings. The highest BCUT2D eigenvalue weighted by Gasteiger charge is 2.06. The fourth-order valence-corrected chi connectivity index (χ4v) is 0.823. The molecular formula is C10H12NO2. The van der Waals surface area contributed by atoms with E-state index < -0.39 is 0 Å². The Kier molecular flexibility index (Phi) is 3.96. The third-order valence-electron chi connectivity index (χ3n) is 1.55. The van der Waals surface area contributed by atoms with Gasteiger partial charge in [-0.1, -0.05) is 19.4 Å². The van der Waals surface area contributed by atoms with E-state index in [0.717, 1.165) is 12.8 Å². The first-order valence-corrected chi connectivity index (χ1v) is 4.35. The number of esters is 1. The quantitative estimate of drug-likeness (QED) is 0.521. The maximum Gasteiger partial charge on any atom is 0.356 e. The van der Waals surface area contributed by atoms with Gasteiger partial charge in [0.25, 0.3) is 0 Å². The lowest BCUT2D eigenvalue weighted by Gasteiger charge is -2.01. The maximum atomic E-state index is 11.2. The van der Waals surface area contributed by atoms with E-state index in [0.29, 0.717) is 12.3 Å². The van der Waals surface area contributed by atoms with Crippen LogP contribution < -0.4 is 0 Å². The third kappa shape index (κ3) is 3.23. The van der Waals surface area contributed by atoms with Crippen LogP contribution in [0, 0.1) is 6.20 Å². The Bertz CT molecular complexity index is 259. The van der Waals surface area contributed by atoms with E-state index in [4.69, 9.17) is 4.74 Å². The number of hydrogen-bond acceptors (Lipinski definition) is 3. The molecule has 13 heavy (non-hydrogen) atoms. The van der Waals surface area contributed by atoms with Crippen LogP contribution in [0.5, 0.6) is 0 Å². The van der Waals surface area contributed by atoms with Crippen LogP contribution in [0.3, 0.4) is 0 Å². The maximum absolute atomic E-state index is 11.2. The van der Waals surface area contributed by atoms with Gasteiger partial charge in [-0.05, 0) is 18.6 Å². The predicted molar refractivity (Wildman–Crippen MR) is 48.3 cm³/mol. The Hall–Kier alpha value is -1.38. The van der Waals surface area contributed by atoms with Gasteiger partial charge in [0.1, 0.15) is 5.69 Å². The van der Waals surface area contributed by atoms with E-state index in [1.807, 2.05) is 6.92 Å². The van der Waals surface area contributed by atoms with Crippen LogP contribution in [0.4, 0.5) is 0 Å². The van der Waals surface area contributed by atoms with Crippen molar-refractivity contribution in [3.05, 3.63) is 30.1 Å². The molecule has 0 aromatic carbocycles. The Balaban J connectivity index is 2.40.